The molecule has 0 aliphatic heterocycles. The largest absolute Gasteiger partial charge is 0.444 e. The summed E-state index contributed by atoms with van der Waals surface area (Å²) in [6.45, 7) is 11.4. The molecule has 0 radical (unpaired) electrons. The summed E-state index contributed by atoms with van der Waals surface area (Å²) in [5.41, 5.74) is -0.813. The second-order valence-electron chi connectivity index (χ2n) is 8.65. The first-order valence-corrected chi connectivity index (χ1v) is 8.44. The van der Waals surface area contributed by atoms with Gasteiger partial charge in [-0.2, -0.15) is 0 Å². The number of carbonyl (C=O) groups is 1. The molecule has 2 aliphatic carbocycles. The van der Waals surface area contributed by atoms with Crippen LogP contribution in [0.25, 0.3) is 0 Å². The van der Waals surface area contributed by atoms with Gasteiger partial charge in [0, 0.05) is 19.1 Å². The van der Waals surface area contributed by atoms with Crippen LogP contribution in [0.5, 0.6) is 0 Å². The number of ether oxygens (including phenoxy) is 1. The van der Waals surface area contributed by atoms with Gasteiger partial charge in [-0.3, -0.25) is 0 Å². The van der Waals surface area contributed by atoms with Crippen molar-refractivity contribution in [1.82, 2.24) is 10.6 Å². The predicted octanol–water partition coefficient (Wildman–Crippen LogP) is 2.43. The van der Waals surface area contributed by atoms with Crippen LogP contribution in [-0.2, 0) is 4.74 Å². The summed E-state index contributed by atoms with van der Waals surface area (Å²) in [6.07, 6.45) is 3.64. The van der Waals surface area contributed by atoms with Crippen LogP contribution in [0, 0.1) is 11.3 Å². The summed E-state index contributed by atoms with van der Waals surface area (Å²) in [5, 5.41) is 16.6. The standard InChI is InChI=1S/C17H32N2O3/c1-15(2,3)22-14(20)18-10-12-9-13(16(12,4)5)19-11-17(21)7-6-8-17/h12-13,19,21H,6-11H2,1-5H3,(H,18,20). The monoisotopic (exact) mass is 312 g/mol. The van der Waals surface area contributed by atoms with E-state index in [1.54, 1.807) is 0 Å². The van der Waals surface area contributed by atoms with Crippen LogP contribution in [0.2, 0.25) is 0 Å². The number of hydrogen-bond donors (Lipinski definition) is 3. The predicted molar refractivity (Wildman–Crippen MR) is 86.7 cm³/mol. The summed E-state index contributed by atoms with van der Waals surface area (Å²) in [6, 6.07) is 0.405. The van der Waals surface area contributed by atoms with Gasteiger partial charge < -0.3 is 20.5 Å². The molecule has 2 atom stereocenters. The molecule has 3 N–H and O–H groups in total. The minimum atomic E-state index is -0.476. The third kappa shape index (κ3) is 4.13. The summed E-state index contributed by atoms with van der Waals surface area (Å²) in [5.74, 6) is 0.438. The van der Waals surface area contributed by atoms with Gasteiger partial charge in [0.15, 0.2) is 0 Å². The Morgan fingerprint density at radius 3 is 2.41 bits per heavy atom. The Morgan fingerprint density at radius 2 is 1.95 bits per heavy atom. The van der Waals surface area contributed by atoms with E-state index >= 15 is 0 Å². The molecule has 0 spiro atoms. The van der Waals surface area contributed by atoms with E-state index in [1.165, 1.54) is 0 Å². The average molecular weight is 312 g/mol. The summed E-state index contributed by atoms with van der Waals surface area (Å²) >= 11 is 0. The number of rotatable bonds is 5. The second-order valence-corrected chi connectivity index (χ2v) is 8.65. The van der Waals surface area contributed by atoms with E-state index in [9.17, 15) is 9.90 Å². The molecule has 2 saturated carbocycles. The van der Waals surface area contributed by atoms with Crippen LogP contribution in [0.15, 0.2) is 0 Å². The van der Waals surface area contributed by atoms with Crippen molar-refractivity contribution in [2.24, 2.45) is 11.3 Å². The van der Waals surface area contributed by atoms with Gasteiger partial charge in [-0.15, -0.1) is 0 Å². The molecule has 0 saturated heterocycles. The third-order valence-electron chi connectivity index (χ3n) is 5.32. The van der Waals surface area contributed by atoms with Crippen molar-refractivity contribution >= 4 is 6.09 Å². The third-order valence-corrected chi connectivity index (χ3v) is 5.32. The Labute approximate surface area is 134 Å². The smallest absolute Gasteiger partial charge is 0.407 e. The Bertz CT molecular complexity index is 411. The highest BCUT2D eigenvalue weighted by Gasteiger charge is 2.48. The van der Waals surface area contributed by atoms with Crippen LogP contribution in [-0.4, -0.2) is 41.5 Å². The van der Waals surface area contributed by atoms with Gasteiger partial charge in [-0.05, 0) is 57.8 Å². The van der Waals surface area contributed by atoms with Crippen molar-refractivity contribution in [3.8, 4) is 0 Å². The zero-order chi connectivity index (χ0) is 16.6. The van der Waals surface area contributed by atoms with E-state index in [2.05, 4.69) is 24.5 Å². The molecule has 1 amide bonds. The molecule has 128 valence electrons. The normalized spacial score (nSPS) is 29.2. The Balaban J connectivity index is 1.70. The quantitative estimate of drug-likeness (QED) is 0.729. The van der Waals surface area contributed by atoms with Crippen LogP contribution in [0.4, 0.5) is 4.79 Å². The van der Waals surface area contributed by atoms with Crippen molar-refractivity contribution in [2.75, 3.05) is 13.1 Å². The average Bonchev–Trinajstić information content (AvgIpc) is 2.32. The molecule has 0 bridgehead atoms. The fourth-order valence-electron chi connectivity index (χ4n) is 3.30. The molecule has 0 aromatic carbocycles. The number of amides is 1. The fourth-order valence-corrected chi connectivity index (χ4v) is 3.30. The van der Waals surface area contributed by atoms with Gasteiger partial charge >= 0.3 is 6.09 Å². The number of nitrogens with one attached hydrogen (secondary N) is 2. The first kappa shape index (κ1) is 17.5. The minimum Gasteiger partial charge on any atom is -0.444 e. The maximum atomic E-state index is 11.7. The Morgan fingerprint density at radius 1 is 1.32 bits per heavy atom. The van der Waals surface area contributed by atoms with Crippen LogP contribution in [0.1, 0.15) is 60.3 Å². The highest BCUT2D eigenvalue weighted by molar-refractivity contribution is 5.67. The van der Waals surface area contributed by atoms with E-state index in [0.717, 1.165) is 25.7 Å². The lowest BCUT2D eigenvalue weighted by Gasteiger charge is -2.54. The number of hydrogen-bond acceptors (Lipinski definition) is 4. The maximum absolute atomic E-state index is 11.7. The molecule has 2 rings (SSSR count). The number of aliphatic hydroxyl groups is 1. The highest BCUT2D eigenvalue weighted by atomic mass is 16.6. The molecule has 2 fully saturated rings. The van der Waals surface area contributed by atoms with Gasteiger partial charge in [0.05, 0.1) is 5.60 Å². The number of carbonyl (C=O) groups excluding carboxylic acids is 1. The van der Waals surface area contributed by atoms with Crippen molar-refractivity contribution in [2.45, 2.75) is 77.5 Å². The van der Waals surface area contributed by atoms with Gasteiger partial charge in [0.25, 0.3) is 0 Å². The van der Waals surface area contributed by atoms with Crippen molar-refractivity contribution in [3.05, 3.63) is 0 Å². The Hall–Kier alpha value is -0.810. The lowest BCUT2D eigenvalue weighted by molar-refractivity contribution is -0.0530. The highest BCUT2D eigenvalue weighted by Crippen LogP contribution is 2.46. The summed E-state index contributed by atoms with van der Waals surface area (Å²) in [4.78, 5) is 11.7. The SMILES string of the molecule is CC(C)(C)OC(=O)NCC1CC(NCC2(O)CCC2)C1(C)C. The zero-order valence-corrected chi connectivity index (χ0v) is 14.7. The molecule has 0 aromatic heterocycles. The number of alkyl carbamates (subject to hydrolysis) is 1. The van der Waals surface area contributed by atoms with Gasteiger partial charge in [0.2, 0.25) is 0 Å². The molecule has 2 unspecified atom stereocenters. The van der Waals surface area contributed by atoms with Crippen molar-refractivity contribution < 1.29 is 14.6 Å². The second kappa shape index (κ2) is 6.00. The molecule has 22 heavy (non-hydrogen) atoms. The maximum Gasteiger partial charge on any atom is 0.407 e. The lowest BCUT2D eigenvalue weighted by Crippen LogP contribution is -2.62. The molecular formula is C17H32N2O3. The van der Waals surface area contributed by atoms with E-state index in [1.807, 2.05) is 20.8 Å². The molecular weight excluding hydrogens is 280 g/mol. The van der Waals surface area contributed by atoms with Crippen LogP contribution >= 0.6 is 0 Å². The van der Waals surface area contributed by atoms with Gasteiger partial charge in [0.1, 0.15) is 5.60 Å². The van der Waals surface area contributed by atoms with Crippen molar-refractivity contribution in [1.29, 1.82) is 0 Å². The summed E-state index contributed by atoms with van der Waals surface area (Å²) < 4.78 is 5.27. The fraction of sp³-hybridized carbons (Fsp3) is 0.941. The summed E-state index contributed by atoms with van der Waals surface area (Å²) in [7, 11) is 0. The first-order valence-electron chi connectivity index (χ1n) is 8.44. The topological polar surface area (TPSA) is 70.6 Å². The van der Waals surface area contributed by atoms with E-state index in [4.69, 9.17) is 4.74 Å². The molecule has 2 aliphatic rings. The molecule has 0 heterocycles. The molecule has 0 aromatic rings. The Kier molecular flexibility index (Phi) is 4.79. The van der Waals surface area contributed by atoms with Gasteiger partial charge in [-0.25, -0.2) is 4.79 Å². The van der Waals surface area contributed by atoms with Crippen LogP contribution in [0.3, 0.4) is 0 Å². The minimum absolute atomic E-state index is 0.120. The van der Waals surface area contributed by atoms with Gasteiger partial charge in [-0.1, -0.05) is 13.8 Å². The zero-order valence-electron chi connectivity index (χ0n) is 14.7. The van der Waals surface area contributed by atoms with Crippen LogP contribution < -0.4 is 10.6 Å². The van der Waals surface area contributed by atoms with E-state index in [0.29, 0.717) is 25.0 Å². The molecule has 5 nitrogen and oxygen atoms in total. The van der Waals surface area contributed by atoms with E-state index in [-0.39, 0.29) is 11.5 Å². The van der Waals surface area contributed by atoms with E-state index < -0.39 is 11.2 Å². The van der Waals surface area contributed by atoms with Crippen molar-refractivity contribution in [3.63, 3.8) is 0 Å². The first-order chi connectivity index (χ1) is 10.0. The lowest BCUT2D eigenvalue weighted by atomic mass is 9.58. The molecule has 5 heteroatoms.